The summed E-state index contributed by atoms with van der Waals surface area (Å²) >= 11 is 2.98. The highest BCUT2D eigenvalue weighted by Gasteiger charge is 2.20. The van der Waals surface area contributed by atoms with Crippen LogP contribution in [-0.2, 0) is 10.0 Å². The van der Waals surface area contributed by atoms with E-state index in [4.69, 9.17) is 9.88 Å². The lowest BCUT2D eigenvalue weighted by molar-refractivity contribution is -0.386. The van der Waals surface area contributed by atoms with Crippen molar-refractivity contribution in [1.29, 1.82) is 0 Å². The van der Waals surface area contributed by atoms with Crippen LogP contribution in [0.5, 0.6) is 5.75 Å². The van der Waals surface area contributed by atoms with Gasteiger partial charge in [0.15, 0.2) is 0 Å². The van der Waals surface area contributed by atoms with Crippen molar-refractivity contribution in [1.82, 2.24) is 0 Å². The molecule has 1 aromatic rings. The Bertz CT molecular complexity index is 608. The molecule has 0 radical (unpaired) electrons. The molecule has 0 saturated heterocycles. The first-order valence-electron chi connectivity index (χ1n) is 5.47. The first-order valence-corrected chi connectivity index (χ1v) is 7.98. The van der Waals surface area contributed by atoms with E-state index in [2.05, 4.69) is 15.9 Å². The third kappa shape index (κ3) is 5.39. The molecular weight excluding hydrogens is 359 g/mol. The van der Waals surface area contributed by atoms with Crippen LogP contribution in [0.1, 0.15) is 12.8 Å². The molecule has 0 unspecified atom stereocenters. The van der Waals surface area contributed by atoms with Crippen LogP contribution >= 0.6 is 15.9 Å². The van der Waals surface area contributed by atoms with Gasteiger partial charge >= 0.3 is 5.69 Å². The van der Waals surface area contributed by atoms with Crippen molar-refractivity contribution in [3.05, 3.63) is 32.5 Å². The van der Waals surface area contributed by atoms with E-state index in [9.17, 15) is 22.9 Å². The SMILES string of the molecule is NS(=O)(=O)CCCCOc1c(Br)cc(F)cc1[N+](=O)[O-]. The molecule has 20 heavy (non-hydrogen) atoms. The van der Waals surface area contributed by atoms with E-state index in [1.807, 2.05) is 0 Å². The normalized spacial score (nSPS) is 11.3. The summed E-state index contributed by atoms with van der Waals surface area (Å²) in [5.74, 6) is -1.04. The number of nitro groups is 1. The Morgan fingerprint density at radius 2 is 2.05 bits per heavy atom. The van der Waals surface area contributed by atoms with Crippen molar-refractivity contribution in [2.24, 2.45) is 5.14 Å². The number of halogens is 2. The fourth-order valence-electron chi connectivity index (χ4n) is 1.40. The summed E-state index contributed by atoms with van der Waals surface area (Å²) in [7, 11) is -3.53. The van der Waals surface area contributed by atoms with Gasteiger partial charge in [-0.3, -0.25) is 10.1 Å². The van der Waals surface area contributed by atoms with Crippen LogP contribution in [0.4, 0.5) is 10.1 Å². The van der Waals surface area contributed by atoms with Gasteiger partial charge in [0.2, 0.25) is 15.8 Å². The van der Waals surface area contributed by atoms with Gasteiger partial charge in [-0.15, -0.1) is 0 Å². The van der Waals surface area contributed by atoms with Crippen molar-refractivity contribution in [2.45, 2.75) is 12.8 Å². The first-order chi connectivity index (χ1) is 9.20. The summed E-state index contributed by atoms with van der Waals surface area (Å²) in [6, 6.07) is 1.80. The topological polar surface area (TPSA) is 113 Å². The minimum atomic E-state index is -3.53. The maximum atomic E-state index is 13.1. The largest absolute Gasteiger partial charge is 0.486 e. The van der Waals surface area contributed by atoms with Gasteiger partial charge < -0.3 is 4.74 Å². The molecule has 0 aliphatic rings. The monoisotopic (exact) mass is 370 g/mol. The van der Waals surface area contributed by atoms with E-state index in [0.29, 0.717) is 6.42 Å². The van der Waals surface area contributed by atoms with E-state index in [1.54, 1.807) is 0 Å². The molecule has 2 N–H and O–H groups in total. The van der Waals surface area contributed by atoms with Gasteiger partial charge in [-0.2, -0.15) is 0 Å². The fourth-order valence-corrected chi connectivity index (χ4v) is 2.55. The number of ether oxygens (including phenoxy) is 1. The summed E-state index contributed by atoms with van der Waals surface area (Å²) in [5.41, 5.74) is -0.497. The number of primary sulfonamides is 1. The van der Waals surface area contributed by atoms with E-state index in [0.717, 1.165) is 12.1 Å². The molecule has 0 heterocycles. The Morgan fingerprint density at radius 3 is 2.60 bits per heavy atom. The first kappa shape index (κ1) is 16.8. The molecule has 10 heteroatoms. The number of sulfonamides is 1. The highest BCUT2D eigenvalue weighted by molar-refractivity contribution is 9.10. The summed E-state index contributed by atoms with van der Waals surface area (Å²) in [6.45, 7) is 0.0561. The molecule has 0 amide bonds. The Balaban J connectivity index is 2.66. The van der Waals surface area contributed by atoms with Gasteiger partial charge in [0.1, 0.15) is 5.82 Å². The summed E-state index contributed by atoms with van der Waals surface area (Å²) < 4.78 is 39.8. The zero-order chi connectivity index (χ0) is 15.3. The zero-order valence-electron chi connectivity index (χ0n) is 10.2. The molecule has 0 saturated carbocycles. The number of nitro benzene ring substituents is 1. The Kier molecular flexibility index (Phi) is 5.84. The van der Waals surface area contributed by atoms with Crippen molar-refractivity contribution in [3.8, 4) is 5.75 Å². The zero-order valence-corrected chi connectivity index (χ0v) is 12.6. The van der Waals surface area contributed by atoms with Crippen molar-refractivity contribution in [2.75, 3.05) is 12.4 Å². The molecule has 0 spiro atoms. The number of nitrogens with zero attached hydrogens (tertiary/aromatic N) is 1. The molecule has 0 bridgehead atoms. The molecule has 0 fully saturated rings. The van der Waals surface area contributed by atoms with Crippen LogP contribution in [-0.4, -0.2) is 25.7 Å². The number of rotatable bonds is 7. The Morgan fingerprint density at radius 1 is 1.40 bits per heavy atom. The maximum absolute atomic E-state index is 13.1. The smallest absolute Gasteiger partial charge is 0.315 e. The van der Waals surface area contributed by atoms with Gasteiger partial charge in [-0.25, -0.2) is 17.9 Å². The number of unbranched alkanes of at least 4 members (excludes halogenated alkanes) is 1. The lowest BCUT2D eigenvalue weighted by Gasteiger charge is -2.08. The molecule has 0 atom stereocenters. The van der Waals surface area contributed by atoms with E-state index in [1.165, 1.54) is 0 Å². The number of hydrogen-bond acceptors (Lipinski definition) is 5. The van der Waals surface area contributed by atoms with Gasteiger partial charge in [-0.1, -0.05) is 0 Å². The maximum Gasteiger partial charge on any atom is 0.315 e. The van der Waals surface area contributed by atoms with Crippen molar-refractivity contribution < 1.29 is 22.5 Å². The quantitative estimate of drug-likeness (QED) is 0.447. The highest BCUT2D eigenvalue weighted by atomic mass is 79.9. The van der Waals surface area contributed by atoms with E-state index in [-0.39, 0.29) is 29.0 Å². The second kappa shape index (κ2) is 6.95. The average Bonchev–Trinajstić information content (AvgIpc) is 2.28. The van der Waals surface area contributed by atoms with Crippen LogP contribution in [0.25, 0.3) is 0 Å². The molecule has 112 valence electrons. The third-order valence-corrected chi connectivity index (χ3v) is 3.70. The highest BCUT2D eigenvalue weighted by Crippen LogP contribution is 2.36. The number of benzene rings is 1. The standard InChI is InChI=1S/C10H12BrFN2O5S/c11-8-5-7(12)6-9(14(15)16)10(8)19-3-1-2-4-20(13,17)18/h5-6H,1-4H2,(H2,13,17,18). The Labute approximate surface area is 123 Å². The van der Waals surface area contributed by atoms with Crippen LogP contribution in [0.3, 0.4) is 0 Å². The predicted molar refractivity (Wildman–Crippen MR) is 73.5 cm³/mol. The van der Waals surface area contributed by atoms with Gasteiger partial charge in [0.05, 0.1) is 27.8 Å². The molecule has 0 aliphatic heterocycles. The molecule has 0 aromatic heterocycles. The Hall–Kier alpha value is -1.26. The lowest BCUT2D eigenvalue weighted by atomic mass is 10.3. The van der Waals surface area contributed by atoms with Crippen LogP contribution in [0, 0.1) is 15.9 Å². The minimum absolute atomic E-state index is 0.0561. The lowest BCUT2D eigenvalue weighted by Crippen LogP contribution is -2.16. The number of nitrogens with two attached hydrogens (primary N) is 1. The van der Waals surface area contributed by atoms with Crippen LogP contribution < -0.4 is 9.88 Å². The van der Waals surface area contributed by atoms with Crippen LogP contribution in [0.15, 0.2) is 16.6 Å². The molecule has 1 aromatic carbocycles. The van der Waals surface area contributed by atoms with Gasteiger partial charge in [0, 0.05) is 0 Å². The third-order valence-electron chi connectivity index (χ3n) is 2.26. The predicted octanol–water partition coefficient (Wildman–Crippen LogP) is 1.94. The molecular formula is C10H12BrFN2O5S. The average molecular weight is 371 g/mol. The summed E-state index contributed by atoms with van der Waals surface area (Å²) in [6.07, 6.45) is 0.614. The number of hydrogen-bond donors (Lipinski definition) is 1. The second-order valence-corrected chi connectivity index (χ2v) is 6.50. The summed E-state index contributed by atoms with van der Waals surface area (Å²) in [4.78, 5) is 10.0. The van der Waals surface area contributed by atoms with Gasteiger partial charge in [-0.05, 0) is 34.8 Å². The van der Waals surface area contributed by atoms with Gasteiger partial charge in [0.25, 0.3) is 0 Å². The van der Waals surface area contributed by atoms with Crippen molar-refractivity contribution in [3.63, 3.8) is 0 Å². The van der Waals surface area contributed by atoms with Crippen molar-refractivity contribution >= 4 is 31.6 Å². The van der Waals surface area contributed by atoms with E-state index >= 15 is 0 Å². The second-order valence-electron chi connectivity index (χ2n) is 3.92. The van der Waals surface area contributed by atoms with E-state index < -0.39 is 26.5 Å². The molecule has 1 rings (SSSR count). The minimum Gasteiger partial charge on any atom is -0.486 e. The fraction of sp³-hybridized carbons (Fsp3) is 0.400. The molecule has 7 nitrogen and oxygen atoms in total. The van der Waals surface area contributed by atoms with Crippen LogP contribution in [0.2, 0.25) is 0 Å². The molecule has 0 aliphatic carbocycles. The summed E-state index contributed by atoms with van der Waals surface area (Å²) in [5, 5.41) is 15.6.